The minimum Gasteiger partial charge on any atom is -0.478 e. The molecule has 122 valence electrons. The van der Waals surface area contributed by atoms with Gasteiger partial charge >= 0.3 is 11.9 Å². The Bertz CT molecular complexity index is 627. The molecule has 1 atom stereocenters. The Morgan fingerprint density at radius 2 is 1.96 bits per heavy atom. The third-order valence-corrected chi connectivity index (χ3v) is 3.30. The molecule has 2 rings (SSSR count). The van der Waals surface area contributed by atoms with Crippen molar-refractivity contribution in [3.05, 3.63) is 41.7 Å². The second kappa shape index (κ2) is 9.38. The van der Waals surface area contributed by atoms with Crippen LogP contribution in [0.15, 0.2) is 30.6 Å². The fourth-order valence-electron chi connectivity index (χ4n) is 2.33. The van der Waals surface area contributed by atoms with Gasteiger partial charge in [-0.15, -0.1) is 5.92 Å². The van der Waals surface area contributed by atoms with E-state index < -0.39 is 11.9 Å². The van der Waals surface area contributed by atoms with Crippen molar-refractivity contribution in [3.63, 3.8) is 0 Å². The number of carboxylic acid groups (broad SMARTS) is 2. The smallest absolute Gasteiger partial charge is 0.328 e. The van der Waals surface area contributed by atoms with Crippen molar-refractivity contribution < 1.29 is 19.8 Å². The third kappa shape index (κ3) is 6.76. The summed E-state index contributed by atoms with van der Waals surface area (Å²) in [4.78, 5) is 25.7. The second-order valence-electron chi connectivity index (χ2n) is 5.03. The monoisotopic (exact) mass is 316 g/mol. The van der Waals surface area contributed by atoms with Crippen molar-refractivity contribution in [3.8, 4) is 11.8 Å². The van der Waals surface area contributed by atoms with Gasteiger partial charge in [0.1, 0.15) is 0 Å². The van der Waals surface area contributed by atoms with Crippen LogP contribution in [0.5, 0.6) is 0 Å². The highest BCUT2D eigenvalue weighted by atomic mass is 16.4. The first kappa shape index (κ1) is 18.4. The normalized spacial score (nSPS) is 17.0. The van der Waals surface area contributed by atoms with E-state index in [-0.39, 0.29) is 0 Å². The highest BCUT2D eigenvalue weighted by Crippen LogP contribution is 2.29. The molecule has 23 heavy (non-hydrogen) atoms. The molecule has 2 heterocycles. The Labute approximate surface area is 135 Å². The van der Waals surface area contributed by atoms with Crippen molar-refractivity contribution in [1.82, 2.24) is 9.88 Å². The summed E-state index contributed by atoms with van der Waals surface area (Å²) in [6.07, 6.45) is 7.43. The number of likely N-dealkylation sites (tertiary alicyclic amines) is 1. The lowest BCUT2D eigenvalue weighted by Gasteiger charge is -2.19. The molecule has 0 spiro atoms. The van der Waals surface area contributed by atoms with Crippen molar-refractivity contribution in [2.24, 2.45) is 0 Å². The Morgan fingerprint density at radius 3 is 2.43 bits per heavy atom. The lowest BCUT2D eigenvalue weighted by molar-refractivity contribution is -0.134. The molecule has 1 saturated heterocycles. The van der Waals surface area contributed by atoms with E-state index in [1.165, 1.54) is 24.9 Å². The average molecular weight is 316 g/mol. The largest absolute Gasteiger partial charge is 0.478 e. The number of aliphatic carboxylic acids is 2. The lowest BCUT2D eigenvalue weighted by atomic mass is 10.1. The summed E-state index contributed by atoms with van der Waals surface area (Å²) >= 11 is 0. The molecule has 6 heteroatoms. The van der Waals surface area contributed by atoms with Gasteiger partial charge < -0.3 is 10.2 Å². The number of aromatic nitrogens is 1. The maximum absolute atomic E-state index is 9.55. The van der Waals surface area contributed by atoms with E-state index in [1.54, 1.807) is 0 Å². The Balaban J connectivity index is 0.000000284. The number of carbonyl (C=O) groups is 2. The lowest BCUT2D eigenvalue weighted by Crippen LogP contribution is -2.17. The minimum absolute atomic E-state index is 0.538. The van der Waals surface area contributed by atoms with E-state index in [0.29, 0.717) is 18.2 Å². The van der Waals surface area contributed by atoms with Crippen molar-refractivity contribution in [2.45, 2.75) is 25.8 Å². The number of hydrogen-bond donors (Lipinski definition) is 2. The molecule has 1 unspecified atom stereocenters. The Kier molecular flexibility index (Phi) is 7.51. The maximum Gasteiger partial charge on any atom is 0.328 e. The summed E-state index contributed by atoms with van der Waals surface area (Å²) in [6.45, 7) is 3.04. The van der Waals surface area contributed by atoms with Crippen LogP contribution >= 0.6 is 0 Å². The molecule has 1 aromatic heterocycles. The summed E-state index contributed by atoms with van der Waals surface area (Å²) in [6, 6.07) is 2.70. The SMILES string of the molecule is CC#Cc1cncc(C2CCCN2C)c1.O=C(O)C=CC(=O)O. The fraction of sp³-hybridized carbons (Fsp3) is 0.353. The van der Waals surface area contributed by atoms with Crippen LogP contribution in [0.4, 0.5) is 0 Å². The van der Waals surface area contributed by atoms with E-state index in [9.17, 15) is 9.59 Å². The average Bonchev–Trinajstić information content (AvgIpc) is 2.93. The van der Waals surface area contributed by atoms with Gasteiger partial charge in [-0.3, -0.25) is 9.88 Å². The van der Waals surface area contributed by atoms with Crippen LogP contribution in [0.1, 0.15) is 36.9 Å². The molecule has 1 aliphatic rings. The van der Waals surface area contributed by atoms with Gasteiger partial charge in [0, 0.05) is 36.2 Å². The molecule has 0 aromatic carbocycles. The van der Waals surface area contributed by atoms with E-state index in [4.69, 9.17) is 10.2 Å². The predicted molar refractivity (Wildman–Crippen MR) is 85.8 cm³/mol. The molecule has 0 saturated carbocycles. The standard InChI is InChI=1S/C13H16N2.C4H4O4/c1-3-5-11-8-12(10-14-9-11)13-6-4-7-15(13)2;5-3(6)1-2-4(7)8/h8-10,13H,4,6-7H2,1-2H3;1-2H,(H,5,6)(H,7,8). The molecule has 2 N–H and O–H groups in total. The highest BCUT2D eigenvalue weighted by molar-refractivity contribution is 5.89. The zero-order chi connectivity index (χ0) is 17.2. The van der Waals surface area contributed by atoms with E-state index in [2.05, 4.69) is 34.8 Å². The van der Waals surface area contributed by atoms with Gasteiger partial charge in [-0.05, 0) is 45.0 Å². The van der Waals surface area contributed by atoms with Crippen LogP contribution < -0.4 is 0 Å². The van der Waals surface area contributed by atoms with Crippen LogP contribution in [0.3, 0.4) is 0 Å². The molecule has 0 aliphatic carbocycles. The van der Waals surface area contributed by atoms with Crippen molar-refractivity contribution in [2.75, 3.05) is 13.6 Å². The van der Waals surface area contributed by atoms with E-state index in [1.807, 2.05) is 19.3 Å². The maximum atomic E-state index is 9.55. The number of pyridine rings is 1. The predicted octanol–water partition coefficient (Wildman–Crippen LogP) is 1.93. The first-order valence-electron chi connectivity index (χ1n) is 7.16. The Hall–Kier alpha value is -2.65. The van der Waals surface area contributed by atoms with Gasteiger partial charge in [0.2, 0.25) is 0 Å². The summed E-state index contributed by atoms with van der Waals surface area (Å²) in [5.74, 6) is 3.45. The van der Waals surface area contributed by atoms with E-state index >= 15 is 0 Å². The summed E-state index contributed by atoms with van der Waals surface area (Å²) in [5.41, 5.74) is 2.32. The molecule has 1 aliphatic heterocycles. The van der Waals surface area contributed by atoms with Gasteiger partial charge in [-0.2, -0.15) is 0 Å². The number of hydrogen-bond acceptors (Lipinski definition) is 4. The zero-order valence-corrected chi connectivity index (χ0v) is 13.2. The topological polar surface area (TPSA) is 90.7 Å². The number of nitrogens with zero attached hydrogens (tertiary/aromatic N) is 2. The first-order chi connectivity index (χ1) is 10.9. The first-order valence-corrected chi connectivity index (χ1v) is 7.16. The minimum atomic E-state index is -1.26. The van der Waals surface area contributed by atoms with Crippen LogP contribution in [-0.2, 0) is 9.59 Å². The van der Waals surface area contributed by atoms with Gasteiger partial charge in [0.05, 0.1) is 0 Å². The zero-order valence-electron chi connectivity index (χ0n) is 13.2. The molecule has 6 nitrogen and oxygen atoms in total. The van der Waals surface area contributed by atoms with Gasteiger partial charge in [-0.25, -0.2) is 9.59 Å². The van der Waals surface area contributed by atoms with Gasteiger partial charge in [-0.1, -0.05) is 5.92 Å². The van der Waals surface area contributed by atoms with Crippen molar-refractivity contribution in [1.29, 1.82) is 0 Å². The quantitative estimate of drug-likeness (QED) is 0.654. The van der Waals surface area contributed by atoms with Crippen LogP contribution in [0, 0.1) is 11.8 Å². The fourth-order valence-corrected chi connectivity index (χ4v) is 2.33. The second-order valence-corrected chi connectivity index (χ2v) is 5.03. The number of rotatable bonds is 3. The van der Waals surface area contributed by atoms with Gasteiger partial charge in [0.25, 0.3) is 0 Å². The van der Waals surface area contributed by atoms with Crippen LogP contribution in [0.2, 0.25) is 0 Å². The molecule has 0 radical (unpaired) electrons. The molecular weight excluding hydrogens is 296 g/mol. The molecular formula is C17H20N2O4. The molecule has 1 aromatic rings. The Morgan fingerprint density at radius 1 is 1.30 bits per heavy atom. The van der Waals surface area contributed by atoms with Crippen molar-refractivity contribution >= 4 is 11.9 Å². The van der Waals surface area contributed by atoms with E-state index in [0.717, 1.165) is 5.56 Å². The molecule has 0 amide bonds. The third-order valence-electron chi connectivity index (χ3n) is 3.30. The van der Waals surface area contributed by atoms with Crippen LogP contribution in [-0.4, -0.2) is 45.6 Å². The van der Waals surface area contributed by atoms with Gasteiger partial charge in [0.15, 0.2) is 0 Å². The summed E-state index contributed by atoms with van der Waals surface area (Å²) in [5, 5.41) is 15.6. The molecule has 1 fully saturated rings. The van der Waals surface area contributed by atoms with Crippen LogP contribution in [0.25, 0.3) is 0 Å². The summed E-state index contributed by atoms with van der Waals surface area (Å²) < 4.78 is 0. The highest BCUT2D eigenvalue weighted by Gasteiger charge is 2.22. The number of carboxylic acids is 2. The molecule has 0 bridgehead atoms. The summed E-state index contributed by atoms with van der Waals surface area (Å²) in [7, 11) is 2.18.